The van der Waals surface area contributed by atoms with E-state index in [2.05, 4.69) is 15.6 Å². The lowest BCUT2D eigenvalue weighted by atomic mass is 10.2. The first-order valence-electron chi connectivity index (χ1n) is 8.73. The zero-order valence-corrected chi connectivity index (χ0v) is 18.8. The van der Waals surface area contributed by atoms with Gasteiger partial charge >= 0.3 is 0 Å². The normalized spacial score (nSPS) is 15.7. The first-order chi connectivity index (χ1) is 11.9. The molecule has 0 radical (unpaired) electrons. The van der Waals surface area contributed by atoms with Crippen LogP contribution in [0.1, 0.15) is 31.7 Å². The number of halogens is 1. The highest BCUT2D eigenvalue weighted by atomic mass is 127. The largest absolute Gasteiger partial charge is 0.493 e. The smallest absolute Gasteiger partial charge is 0.191 e. The lowest BCUT2D eigenvalue weighted by molar-refractivity contribution is 0.296. The Morgan fingerprint density at radius 3 is 2.65 bits per heavy atom. The Kier molecular flexibility index (Phi) is 9.70. The Balaban J connectivity index is 0.00000338. The maximum atomic E-state index is 11.3. The fourth-order valence-corrected chi connectivity index (χ4v) is 3.13. The van der Waals surface area contributed by atoms with Crippen LogP contribution >= 0.6 is 24.0 Å². The zero-order valence-electron chi connectivity index (χ0n) is 15.7. The van der Waals surface area contributed by atoms with Crippen molar-refractivity contribution in [3.05, 3.63) is 29.8 Å². The van der Waals surface area contributed by atoms with Crippen molar-refractivity contribution in [3.8, 4) is 5.75 Å². The standard InChI is InChI=1S/C18H29N3O3S.HI/c1-14(10-11-25(3,22)23)21-18(19-2)20-12-16-6-4-5-7-17(16)24-13-15-8-9-15;/h4-7,14-15H,8-13H2,1-3H3,(H2,19,20,21);1H. The summed E-state index contributed by atoms with van der Waals surface area (Å²) >= 11 is 0. The van der Waals surface area contributed by atoms with Crippen LogP contribution in [0, 0.1) is 5.92 Å². The molecule has 1 aromatic rings. The van der Waals surface area contributed by atoms with Crippen molar-refractivity contribution in [2.45, 2.75) is 38.8 Å². The third-order valence-electron chi connectivity index (χ3n) is 4.12. The average molecular weight is 495 g/mol. The monoisotopic (exact) mass is 495 g/mol. The molecule has 1 unspecified atom stereocenters. The Labute approximate surface area is 174 Å². The van der Waals surface area contributed by atoms with Gasteiger partial charge in [0.15, 0.2) is 5.96 Å². The predicted octanol–water partition coefficient (Wildman–Crippen LogP) is 2.58. The molecule has 0 aliphatic heterocycles. The van der Waals surface area contributed by atoms with Crippen molar-refractivity contribution in [2.24, 2.45) is 10.9 Å². The minimum absolute atomic E-state index is 0. The lowest BCUT2D eigenvalue weighted by Crippen LogP contribution is -2.42. The van der Waals surface area contributed by atoms with Gasteiger partial charge in [0.05, 0.1) is 12.4 Å². The molecule has 6 nitrogen and oxygen atoms in total. The third-order valence-corrected chi connectivity index (χ3v) is 5.10. The predicted molar refractivity (Wildman–Crippen MR) is 117 cm³/mol. The average Bonchev–Trinajstić information content (AvgIpc) is 3.39. The molecule has 8 heteroatoms. The van der Waals surface area contributed by atoms with Gasteiger partial charge < -0.3 is 15.4 Å². The summed E-state index contributed by atoms with van der Waals surface area (Å²) in [6.45, 7) is 3.33. The number of sulfone groups is 1. The summed E-state index contributed by atoms with van der Waals surface area (Å²) in [5.41, 5.74) is 1.08. The topological polar surface area (TPSA) is 79.8 Å². The summed E-state index contributed by atoms with van der Waals surface area (Å²) in [4.78, 5) is 4.21. The van der Waals surface area contributed by atoms with Crippen LogP contribution in [-0.2, 0) is 16.4 Å². The molecule has 148 valence electrons. The molecule has 0 spiro atoms. The van der Waals surface area contributed by atoms with E-state index in [1.165, 1.54) is 19.1 Å². The van der Waals surface area contributed by atoms with Crippen molar-refractivity contribution in [2.75, 3.05) is 25.7 Å². The van der Waals surface area contributed by atoms with E-state index in [-0.39, 0.29) is 35.8 Å². The van der Waals surface area contributed by atoms with Gasteiger partial charge in [-0.3, -0.25) is 4.99 Å². The van der Waals surface area contributed by atoms with Crippen molar-refractivity contribution in [3.63, 3.8) is 0 Å². The third kappa shape index (κ3) is 9.07. The Morgan fingerprint density at radius 1 is 1.35 bits per heavy atom. The van der Waals surface area contributed by atoms with Crippen molar-refractivity contribution >= 4 is 39.8 Å². The molecule has 1 saturated carbocycles. The van der Waals surface area contributed by atoms with E-state index in [1.807, 2.05) is 31.2 Å². The minimum atomic E-state index is -2.95. The molecule has 1 fully saturated rings. The molecule has 1 aliphatic carbocycles. The zero-order chi connectivity index (χ0) is 18.3. The molecule has 0 saturated heterocycles. The van der Waals surface area contributed by atoms with Crippen LogP contribution in [0.25, 0.3) is 0 Å². The molecule has 2 rings (SSSR count). The summed E-state index contributed by atoms with van der Waals surface area (Å²) in [5, 5.41) is 6.49. The molecule has 2 N–H and O–H groups in total. The van der Waals surface area contributed by atoms with Crippen LogP contribution in [0.4, 0.5) is 0 Å². The first-order valence-corrected chi connectivity index (χ1v) is 10.8. The van der Waals surface area contributed by atoms with E-state index in [0.29, 0.717) is 24.8 Å². The molecule has 0 aromatic heterocycles. The number of hydrogen-bond acceptors (Lipinski definition) is 4. The van der Waals surface area contributed by atoms with E-state index < -0.39 is 9.84 Å². The highest BCUT2D eigenvalue weighted by molar-refractivity contribution is 14.0. The molecule has 26 heavy (non-hydrogen) atoms. The van der Waals surface area contributed by atoms with Crippen LogP contribution in [0.15, 0.2) is 29.3 Å². The summed E-state index contributed by atoms with van der Waals surface area (Å²) < 4.78 is 28.4. The second-order valence-electron chi connectivity index (χ2n) is 6.75. The fraction of sp³-hybridized carbons (Fsp3) is 0.611. The van der Waals surface area contributed by atoms with Gasteiger partial charge in [-0.25, -0.2) is 8.42 Å². The van der Waals surface area contributed by atoms with Crippen molar-refractivity contribution in [1.29, 1.82) is 0 Å². The highest BCUT2D eigenvalue weighted by Gasteiger charge is 2.22. The summed E-state index contributed by atoms with van der Waals surface area (Å²) in [6, 6.07) is 8.01. The Morgan fingerprint density at radius 2 is 2.04 bits per heavy atom. The van der Waals surface area contributed by atoms with Crippen molar-refractivity contribution in [1.82, 2.24) is 10.6 Å². The fourth-order valence-electron chi connectivity index (χ4n) is 2.35. The van der Waals surface area contributed by atoms with Crippen LogP contribution in [0.3, 0.4) is 0 Å². The number of guanidine groups is 1. The van der Waals surface area contributed by atoms with Gasteiger partial charge in [0.25, 0.3) is 0 Å². The molecule has 1 aliphatic rings. The maximum Gasteiger partial charge on any atom is 0.191 e. The van der Waals surface area contributed by atoms with Gasteiger partial charge in [-0.15, -0.1) is 24.0 Å². The number of rotatable bonds is 9. The molecule has 0 bridgehead atoms. The van der Waals surface area contributed by atoms with E-state index in [4.69, 9.17) is 4.74 Å². The molecular weight excluding hydrogens is 465 g/mol. The molecule has 1 aromatic carbocycles. The van der Waals surface area contributed by atoms with Gasteiger partial charge in [-0.2, -0.15) is 0 Å². The number of ether oxygens (including phenoxy) is 1. The summed E-state index contributed by atoms with van der Waals surface area (Å²) in [6.07, 6.45) is 4.33. The Bertz CT molecular complexity index is 691. The van der Waals surface area contributed by atoms with Gasteiger partial charge in [-0.05, 0) is 38.2 Å². The van der Waals surface area contributed by atoms with Crippen LogP contribution in [-0.4, -0.2) is 46.1 Å². The van der Waals surface area contributed by atoms with E-state index >= 15 is 0 Å². The first kappa shape index (κ1) is 23.0. The number of hydrogen-bond donors (Lipinski definition) is 2. The molecule has 0 amide bonds. The van der Waals surface area contributed by atoms with E-state index in [9.17, 15) is 8.42 Å². The number of nitrogens with one attached hydrogen (secondary N) is 2. The van der Waals surface area contributed by atoms with Gasteiger partial charge in [0, 0.05) is 31.5 Å². The van der Waals surface area contributed by atoms with Crippen LogP contribution in [0.5, 0.6) is 5.75 Å². The molecular formula is C18H30IN3O3S. The number of aliphatic imine (C=N–C) groups is 1. The van der Waals surface area contributed by atoms with E-state index in [1.54, 1.807) is 7.05 Å². The summed E-state index contributed by atoms with van der Waals surface area (Å²) in [7, 11) is -1.25. The SMILES string of the molecule is CN=C(NCc1ccccc1OCC1CC1)NC(C)CCS(C)(=O)=O.I. The van der Waals surface area contributed by atoms with Crippen LogP contribution in [0.2, 0.25) is 0 Å². The van der Waals surface area contributed by atoms with Crippen LogP contribution < -0.4 is 15.4 Å². The quantitative estimate of drug-likeness (QED) is 0.313. The number of benzene rings is 1. The Hall–Kier alpha value is -1.03. The second kappa shape index (κ2) is 11.0. The minimum Gasteiger partial charge on any atom is -0.493 e. The number of para-hydroxylation sites is 1. The molecule has 0 heterocycles. The van der Waals surface area contributed by atoms with Gasteiger partial charge in [0.1, 0.15) is 15.6 Å². The lowest BCUT2D eigenvalue weighted by Gasteiger charge is -2.18. The van der Waals surface area contributed by atoms with Gasteiger partial charge in [-0.1, -0.05) is 18.2 Å². The number of nitrogens with zero attached hydrogens (tertiary/aromatic N) is 1. The highest BCUT2D eigenvalue weighted by Crippen LogP contribution is 2.30. The molecule has 1 atom stereocenters. The summed E-state index contributed by atoms with van der Waals surface area (Å²) in [5.74, 6) is 2.43. The van der Waals surface area contributed by atoms with Crippen molar-refractivity contribution < 1.29 is 13.2 Å². The van der Waals surface area contributed by atoms with E-state index in [0.717, 1.165) is 17.9 Å². The maximum absolute atomic E-state index is 11.3. The van der Waals surface area contributed by atoms with Gasteiger partial charge in [0.2, 0.25) is 0 Å². The second-order valence-corrected chi connectivity index (χ2v) is 9.01.